The number of hydrogen-bond acceptors (Lipinski definition) is 6. The Hall–Kier alpha value is -3.12. The fourth-order valence-electron chi connectivity index (χ4n) is 3.32. The molecule has 4 rings (SSSR count). The largest absolute Gasteiger partial charge is 0.460 e. The van der Waals surface area contributed by atoms with Crippen LogP contribution in [0.15, 0.2) is 57.9 Å². The Morgan fingerprint density at radius 1 is 1.07 bits per heavy atom. The lowest BCUT2D eigenvalue weighted by molar-refractivity contribution is -0.144. The molecule has 0 aliphatic carbocycles. The van der Waals surface area contributed by atoms with Crippen molar-refractivity contribution in [2.24, 2.45) is 0 Å². The van der Waals surface area contributed by atoms with Gasteiger partial charge in [0.25, 0.3) is 0 Å². The van der Waals surface area contributed by atoms with Crippen LogP contribution in [0.4, 0.5) is 0 Å². The molecule has 30 heavy (non-hydrogen) atoms. The fraction of sp³-hybridized carbons (Fsp3) is 0.333. The molecule has 156 valence electrons. The summed E-state index contributed by atoms with van der Waals surface area (Å²) >= 11 is 0. The minimum atomic E-state index is -0.534. The maximum atomic E-state index is 12.8. The number of rotatable bonds is 4. The van der Waals surface area contributed by atoms with Gasteiger partial charge in [-0.2, -0.15) is 0 Å². The molecule has 3 aromatic rings. The Labute approximate surface area is 174 Å². The Bertz CT molecular complexity index is 1120. The van der Waals surface area contributed by atoms with Gasteiger partial charge in [0.2, 0.25) is 11.2 Å². The molecule has 0 amide bonds. The average molecular weight is 408 g/mol. The number of ether oxygens (including phenoxy) is 3. The van der Waals surface area contributed by atoms with E-state index in [0.717, 1.165) is 6.42 Å². The van der Waals surface area contributed by atoms with Gasteiger partial charge >= 0.3 is 5.97 Å². The Balaban J connectivity index is 1.54. The van der Waals surface area contributed by atoms with E-state index in [1.165, 1.54) is 17.9 Å². The second-order valence-electron chi connectivity index (χ2n) is 8.39. The molecule has 1 aliphatic rings. The summed E-state index contributed by atoms with van der Waals surface area (Å²) in [5.41, 5.74) is 1.22. The molecule has 2 heterocycles. The van der Waals surface area contributed by atoms with E-state index >= 15 is 0 Å². The summed E-state index contributed by atoms with van der Waals surface area (Å²) in [6.45, 7) is 6.96. The third kappa shape index (κ3) is 4.24. The molecule has 0 radical (unpaired) electrons. The molecule has 6 nitrogen and oxygen atoms in total. The molecule has 1 unspecified atom stereocenters. The molecule has 0 N–H and O–H groups in total. The summed E-state index contributed by atoms with van der Waals surface area (Å²) in [5.74, 6) is 0.511. The lowest BCUT2D eigenvalue weighted by atomic mass is 9.87. The van der Waals surface area contributed by atoms with E-state index in [1.807, 2.05) is 24.3 Å². The van der Waals surface area contributed by atoms with Crippen molar-refractivity contribution in [1.29, 1.82) is 0 Å². The van der Waals surface area contributed by atoms with E-state index in [4.69, 9.17) is 18.6 Å². The van der Waals surface area contributed by atoms with Crippen LogP contribution in [0.3, 0.4) is 0 Å². The topological polar surface area (TPSA) is 75.0 Å². The summed E-state index contributed by atoms with van der Waals surface area (Å²) in [4.78, 5) is 24.9. The van der Waals surface area contributed by atoms with Crippen molar-refractivity contribution < 1.29 is 23.4 Å². The van der Waals surface area contributed by atoms with Gasteiger partial charge in [-0.25, -0.2) is 4.79 Å². The molecule has 0 spiro atoms. The molecule has 1 saturated heterocycles. The van der Waals surface area contributed by atoms with Crippen LogP contribution >= 0.6 is 0 Å². The van der Waals surface area contributed by atoms with Crippen LogP contribution in [-0.2, 0) is 14.9 Å². The summed E-state index contributed by atoms with van der Waals surface area (Å²) in [7, 11) is 0. The van der Waals surface area contributed by atoms with Crippen molar-refractivity contribution in [1.82, 2.24) is 0 Å². The van der Waals surface area contributed by atoms with Gasteiger partial charge in [-0.1, -0.05) is 32.9 Å². The SMILES string of the molecule is CC(C)(C)c1ccc(Oc2coc3cc(OC(=O)C4CCCO4)ccc3c2=O)cc1. The van der Waals surface area contributed by atoms with E-state index in [9.17, 15) is 9.59 Å². The summed E-state index contributed by atoms with van der Waals surface area (Å²) in [5, 5.41) is 0.343. The van der Waals surface area contributed by atoms with Gasteiger partial charge in [0, 0.05) is 12.7 Å². The molecule has 1 aliphatic heterocycles. The minimum Gasteiger partial charge on any atom is -0.460 e. The van der Waals surface area contributed by atoms with Crippen LogP contribution in [0.2, 0.25) is 0 Å². The first-order valence-electron chi connectivity index (χ1n) is 9.98. The van der Waals surface area contributed by atoms with Gasteiger partial charge in [-0.05, 0) is 48.1 Å². The first-order valence-corrected chi connectivity index (χ1v) is 9.98. The zero-order valence-corrected chi connectivity index (χ0v) is 17.3. The highest BCUT2D eigenvalue weighted by Crippen LogP contribution is 2.28. The fourth-order valence-corrected chi connectivity index (χ4v) is 3.32. The van der Waals surface area contributed by atoms with E-state index in [-0.39, 0.29) is 16.6 Å². The Kier molecular flexibility index (Phi) is 5.35. The number of carbonyl (C=O) groups is 1. The summed E-state index contributed by atoms with van der Waals surface area (Å²) < 4.78 is 22.0. The average Bonchev–Trinajstić information content (AvgIpc) is 3.25. The van der Waals surface area contributed by atoms with E-state index in [2.05, 4.69) is 20.8 Å². The molecule has 1 aromatic heterocycles. The molecular formula is C24H24O6. The number of hydrogen-bond donors (Lipinski definition) is 0. The smallest absolute Gasteiger partial charge is 0.340 e. The highest BCUT2D eigenvalue weighted by Gasteiger charge is 2.25. The Morgan fingerprint density at radius 3 is 2.47 bits per heavy atom. The van der Waals surface area contributed by atoms with Gasteiger partial charge in [0.1, 0.15) is 23.3 Å². The van der Waals surface area contributed by atoms with Crippen LogP contribution in [0, 0.1) is 0 Å². The Morgan fingerprint density at radius 2 is 1.80 bits per heavy atom. The number of fused-ring (bicyclic) bond motifs is 1. The normalized spacial score (nSPS) is 16.6. The second-order valence-corrected chi connectivity index (χ2v) is 8.39. The third-order valence-corrected chi connectivity index (χ3v) is 5.07. The minimum absolute atomic E-state index is 0.0333. The van der Waals surface area contributed by atoms with Crippen molar-refractivity contribution >= 4 is 16.9 Å². The highest BCUT2D eigenvalue weighted by molar-refractivity contribution is 5.82. The maximum absolute atomic E-state index is 12.8. The van der Waals surface area contributed by atoms with Crippen molar-refractivity contribution in [3.05, 3.63) is 64.5 Å². The predicted molar refractivity (Wildman–Crippen MR) is 112 cm³/mol. The summed E-state index contributed by atoms with van der Waals surface area (Å²) in [6, 6.07) is 12.3. The van der Waals surface area contributed by atoms with Crippen molar-refractivity contribution in [2.45, 2.75) is 45.1 Å². The number of carbonyl (C=O) groups excluding carboxylic acids is 1. The van der Waals surface area contributed by atoms with Crippen LogP contribution in [-0.4, -0.2) is 18.7 Å². The first-order chi connectivity index (χ1) is 14.3. The molecule has 0 saturated carbocycles. The predicted octanol–water partition coefficient (Wildman–Crippen LogP) is 4.97. The van der Waals surface area contributed by atoms with E-state index in [0.29, 0.717) is 35.5 Å². The third-order valence-electron chi connectivity index (χ3n) is 5.07. The molecule has 6 heteroatoms. The lowest BCUT2D eigenvalue weighted by Gasteiger charge is -2.19. The maximum Gasteiger partial charge on any atom is 0.340 e. The van der Waals surface area contributed by atoms with Crippen LogP contribution in [0.5, 0.6) is 17.2 Å². The van der Waals surface area contributed by atoms with Crippen LogP contribution in [0.25, 0.3) is 11.0 Å². The van der Waals surface area contributed by atoms with Crippen molar-refractivity contribution in [3.63, 3.8) is 0 Å². The van der Waals surface area contributed by atoms with Crippen molar-refractivity contribution in [2.75, 3.05) is 6.61 Å². The van der Waals surface area contributed by atoms with Crippen LogP contribution in [0.1, 0.15) is 39.2 Å². The first kappa shape index (κ1) is 20.2. The molecular weight excluding hydrogens is 384 g/mol. The zero-order valence-electron chi connectivity index (χ0n) is 17.3. The quantitative estimate of drug-likeness (QED) is 0.448. The van der Waals surface area contributed by atoms with Gasteiger partial charge < -0.3 is 18.6 Å². The van der Waals surface area contributed by atoms with Gasteiger partial charge in [0.05, 0.1) is 5.39 Å². The molecule has 1 atom stereocenters. The standard InChI is InChI=1S/C24H24O6/c1-24(2,3)15-6-8-16(9-7-15)29-21-14-28-20-13-17(10-11-18(20)22(21)25)30-23(26)19-5-4-12-27-19/h6-11,13-14,19H,4-5,12H2,1-3H3. The van der Waals surface area contributed by atoms with Gasteiger partial charge in [-0.15, -0.1) is 0 Å². The molecule has 2 aromatic carbocycles. The lowest BCUT2D eigenvalue weighted by Crippen LogP contribution is -2.24. The molecule has 1 fully saturated rings. The van der Waals surface area contributed by atoms with E-state index in [1.54, 1.807) is 12.1 Å². The zero-order chi connectivity index (χ0) is 21.3. The van der Waals surface area contributed by atoms with Gasteiger partial charge in [0.15, 0.2) is 6.10 Å². The van der Waals surface area contributed by atoms with Gasteiger partial charge in [-0.3, -0.25) is 4.79 Å². The summed E-state index contributed by atoms with van der Waals surface area (Å²) in [6.07, 6.45) is 2.23. The van der Waals surface area contributed by atoms with Crippen molar-refractivity contribution in [3.8, 4) is 17.2 Å². The molecule has 0 bridgehead atoms. The second kappa shape index (κ2) is 7.95. The highest BCUT2D eigenvalue weighted by atomic mass is 16.6. The van der Waals surface area contributed by atoms with Crippen LogP contribution < -0.4 is 14.9 Å². The monoisotopic (exact) mass is 408 g/mol. The number of esters is 1. The van der Waals surface area contributed by atoms with E-state index < -0.39 is 12.1 Å². The number of benzene rings is 2.